The van der Waals surface area contributed by atoms with Crippen LogP contribution in [0.1, 0.15) is 95.9 Å². The molecule has 0 fully saturated rings. The summed E-state index contributed by atoms with van der Waals surface area (Å²) in [5.74, 6) is 0.969. The van der Waals surface area contributed by atoms with Gasteiger partial charge in [-0.1, -0.05) is 30.3 Å². The Labute approximate surface area is 308 Å². The fourth-order valence-electron chi connectivity index (χ4n) is 8.36. The molecule has 8 rings (SSSR count). The molecule has 0 aliphatic heterocycles. The van der Waals surface area contributed by atoms with Gasteiger partial charge in [-0.3, -0.25) is 0 Å². The Morgan fingerprint density at radius 2 is 0.630 bits per heavy atom. The Hall–Kier alpha value is -2.28. The Morgan fingerprint density at radius 1 is 0.370 bits per heavy atom. The maximum absolute atomic E-state index is 12.6. The van der Waals surface area contributed by atoms with Crippen molar-refractivity contribution in [1.29, 1.82) is 0 Å². The smallest absolute Gasteiger partial charge is 0.872 e. The first-order chi connectivity index (χ1) is 21.5. The van der Waals surface area contributed by atoms with Crippen molar-refractivity contribution >= 4 is 19.8 Å². The quantitative estimate of drug-likeness (QED) is 0.260. The molecule has 0 saturated carbocycles. The second kappa shape index (κ2) is 15.3. The first-order valence-corrected chi connectivity index (χ1v) is 16.8. The molecule has 3 radical (unpaired) electrons. The van der Waals surface area contributed by atoms with Gasteiger partial charge < -0.3 is 20.4 Å². The van der Waals surface area contributed by atoms with Crippen molar-refractivity contribution in [3.8, 4) is 45.3 Å². The minimum absolute atomic E-state index is 0. The van der Waals surface area contributed by atoms with Crippen molar-refractivity contribution in [1.82, 2.24) is 0 Å². The van der Waals surface area contributed by atoms with Crippen LogP contribution in [0.15, 0.2) is 48.5 Å². The van der Waals surface area contributed by atoms with Gasteiger partial charge in [-0.2, -0.15) is 0 Å². The van der Waals surface area contributed by atoms with Gasteiger partial charge in [-0.15, -0.1) is 5.75 Å². The van der Waals surface area contributed by atoms with Crippen LogP contribution in [0.3, 0.4) is 0 Å². The topological polar surface area (TPSA) is 83.8 Å². The number of fused-ring (bicyclic) bond motifs is 4. The van der Waals surface area contributed by atoms with E-state index in [-0.39, 0.29) is 60.8 Å². The van der Waals surface area contributed by atoms with E-state index in [0.29, 0.717) is 11.5 Å². The predicted molar refractivity (Wildman–Crippen MR) is 181 cm³/mol. The molecular formula is C40H43GaNaO4. The maximum Gasteiger partial charge on any atom is 1.00 e. The zero-order valence-corrected chi connectivity index (χ0v) is 31.7. The average Bonchev–Trinajstić information content (AvgIpc) is 3.06. The minimum atomic E-state index is 0. The molecule has 0 heterocycles. The van der Waals surface area contributed by atoms with E-state index < -0.39 is 0 Å². The predicted octanol–water partition coefficient (Wildman–Crippen LogP) is 5.04. The standard InChI is InChI=1S/2C20H22O2.Ga.Na/c2*21-17-11-9-13-5-1-3-7-15(13)19(17)20-16-8-4-2-6-14(16)10-12-18(20)22;;/h2*9-12,21-22H,1-8H2;;/q;;;+1/p-1. The number of rotatable bonds is 2. The molecule has 0 spiro atoms. The van der Waals surface area contributed by atoms with E-state index >= 15 is 0 Å². The van der Waals surface area contributed by atoms with Crippen LogP contribution in [0.2, 0.25) is 0 Å². The molecule has 46 heavy (non-hydrogen) atoms. The van der Waals surface area contributed by atoms with Gasteiger partial charge in [0.2, 0.25) is 0 Å². The molecule has 0 aromatic heterocycles. The number of aryl methyl sites for hydroxylation is 4. The number of aromatic hydroxyl groups is 3. The molecule has 4 aliphatic rings. The van der Waals surface area contributed by atoms with Crippen LogP contribution in [0.5, 0.6) is 23.0 Å². The fraction of sp³-hybridized carbons (Fsp3) is 0.400. The van der Waals surface area contributed by atoms with E-state index in [4.69, 9.17) is 0 Å². The number of hydrogen-bond donors (Lipinski definition) is 3. The molecule has 231 valence electrons. The summed E-state index contributed by atoms with van der Waals surface area (Å²) < 4.78 is 0. The van der Waals surface area contributed by atoms with Crippen molar-refractivity contribution < 1.29 is 50.0 Å². The van der Waals surface area contributed by atoms with E-state index in [1.807, 2.05) is 12.1 Å². The maximum atomic E-state index is 12.6. The molecule has 0 saturated heterocycles. The van der Waals surface area contributed by atoms with Gasteiger partial charge in [0.25, 0.3) is 0 Å². The summed E-state index contributed by atoms with van der Waals surface area (Å²) in [7, 11) is 0. The third-order valence-corrected chi connectivity index (χ3v) is 10.5. The average molecular weight is 680 g/mol. The first kappa shape index (κ1) is 35.0. The molecule has 3 N–H and O–H groups in total. The Bertz CT molecular complexity index is 1480. The summed E-state index contributed by atoms with van der Waals surface area (Å²) in [5.41, 5.74) is 13.6. The number of benzene rings is 4. The van der Waals surface area contributed by atoms with Crippen molar-refractivity contribution in [2.24, 2.45) is 0 Å². The van der Waals surface area contributed by atoms with Crippen LogP contribution >= 0.6 is 0 Å². The van der Waals surface area contributed by atoms with Crippen molar-refractivity contribution in [3.63, 3.8) is 0 Å². The van der Waals surface area contributed by atoms with Crippen molar-refractivity contribution in [2.45, 2.75) is 103 Å². The van der Waals surface area contributed by atoms with Gasteiger partial charge in [-0.25, -0.2) is 0 Å². The third kappa shape index (κ3) is 6.68. The fourth-order valence-corrected chi connectivity index (χ4v) is 8.36. The second-order valence-corrected chi connectivity index (χ2v) is 13.2. The monoisotopic (exact) mass is 679 g/mol. The third-order valence-electron chi connectivity index (χ3n) is 10.5. The number of phenols is 3. The van der Waals surface area contributed by atoms with Crippen LogP contribution in [0.25, 0.3) is 22.3 Å². The van der Waals surface area contributed by atoms with E-state index in [1.165, 1.54) is 83.0 Å². The molecule has 0 bridgehead atoms. The van der Waals surface area contributed by atoms with E-state index in [0.717, 1.165) is 86.5 Å². The van der Waals surface area contributed by atoms with Gasteiger partial charge in [0.1, 0.15) is 17.2 Å². The van der Waals surface area contributed by atoms with E-state index in [2.05, 4.69) is 12.1 Å². The van der Waals surface area contributed by atoms with Crippen LogP contribution in [0, 0.1) is 0 Å². The first-order valence-electron chi connectivity index (χ1n) is 16.8. The molecule has 0 unspecified atom stereocenters. The Morgan fingerprint density at radius 3 is 0.978 bits per heavy atom. The SMILES string of the molecule is Oc1ccc2c(c1-c1c(O)ccc3c1CCCC3)CCCC2.[Ga].[Na+].[O-]c1ccc2c(c1-c1c(O)ccc3c1CCCC3)CCCC2. The van der Waals surface area contributed by atoms with Gasteiger partial charge in [-0.05, 0) is 171 Å². The Kier molecular flexibility index (Phi) is 11.6. The summed E-state index contributed by atoms with van der Waals surface area (Å²) >= 11 is 0. The zero-order valence-electron chi connectivity index (χ0n) is 27.3. The molecular weight excluding hydrogens is 637 g/mol. The summed E-state index contributed by atoms with van der Waals surface area (Å²) in [4.78, 5) is 0. The zero-order chi connectivity index (χ0) is 30.2. The van der Waals surface area contributed by atoms with Crippen molar-refractivity contribution in [2.75, 3.05) is 0 Å². The Balaban J connectivity index is 0.000000174. The normalized spacial score (nSPS) is 16.2. The van der Waals surface area contributed by atoms with Gasteiger partial charge in [0, 0.05) is 36.5 Å². The minimum Gasteiger partial charge on any atom is -0.872 e. The van der Waals surface area contributed by atoms with E-state index in [9.17, 15) is 20.4 Å². The molecule has 4 nitrogen and oxygen atoms in total. The van der Waals surface area contributed by atoms with Gasteiger partial charge in [0.15, 0.2) is 0 Å². The second-order valence-electron chi connectivity index (χ2n) is 13.2. The molecule has 4 aromatic carbocycles. The molecule has 6 heteroatoms. The summed E-state index contributed by atoms with van der Waals surface area (Å²) in [6, 6.07) is 15.2. The van der Waals surface area contributed by atoms with Crippen LogP contribution in [0.4, 0.5) is 0 Å². The van der Waals surface area contributed by atoms with Gasteiger partial charge >= 0.3 is 29.6 Å². The number of phenolic OH excluding ortho intramolecular Hbond substituents is 3. The van der Waals surface area contributed by atoms with Crippen molar-refractivity contribution in [3.05, 3.63) is 93.0 Å². The molecule has 0 amide bonds. The van der Waals surface area contributed by atoms with Crippen LogP contribution < -0.4 is 34.7 Å². The van der Waals surface area contributed by atoms with E-state index in [1.54, 1.807) is 24.3 Å². The molecule has 4 aromatic rings. The van der Waals surface area contributed by atoms with Gasteiger partial charge in [0.05, 0.1) is 0 Å². The molecule has 4 aliphatic carbocycles. The summed E-state index contributed by atoms with van der Waals surface area (Å²) in [6.07, 6.45) is 17.7. The molecule has 0 atom stereocenters. The summed E-state index contributed by atoms with van der Waals surface area (Å²) in [6.45, 7) is 0. The largest absolute Gasteiger partial charge is 1.00 e. The van der Waals surface area contributed by atoms with Crippen LogP contribution in [-0.2, 0) is 51.4 Å². The summed E-state index contributed by atoms with van der Waals surface area (Å²) in [5, 5.41) is 44.2. The van der Waals surface area contributed by atoms with Crippen LogP contribution in [-0.4, -0.2) is 35.1 Å². The number of hydrogen-bond acceptors (Lipinski definition) is 4.